The Kier molecular flexibility index (Phi) is 6.03. The monoisotopic (exact) mass is 262 g/mol. The molecule has 106 valence electrons. The van der Waals surface area contributed by atoms with Crippen molar-refractivity contribution in [2.24, 2.45) is 17.6 Å². The van der Waals surface area contributed by atoms with Crippen molar-refractivity contribution >= 4 is 5.91 Å². The third-order valence-corrected chi connectivity index (χ3v) is 3.24. The molecule has 0 heterocycles. The molecule has 1 rings (SSSR count). The maximum absolute atomic E-state index is 11.9. The van der Waals surface area contributed by atoms with E-state index in [9.17, 15) is 4.79 Å². The molecule has 1 aromatic rings. The minimum atomic E-state index is -0.106. The molecule has 0 aliphatic heterocycles. The van der Waals surface area contributed by atoms with Crippen molar-refractivity contribution in [1.82, 2.24) is 4.90 Å². The number of nitrogens with zero attached hydrogens (tertiary/aromatic N) is 1. The second-order valence-electron chi connectivity index (χ2n) is 5.75. The highest BCUT2D eigenvalue weighted by atomic mass is 16.2. The van der Waals surface area contributed by atoms with Crippen molar-refractivity contribution in [2.75, 3.05) is 13.6 Å². The van der Waals surface area contributed by atoms with Crippen molar-refractivity contribution < 1.29 is 4.79 Å². The van der Waals surface area contributed by atoms with Crippen LogP contribution < -0.4 is 5.73 Å². The third kappa shape index (κ3) is 5.03. The van der Waals surface area contributed by atoms with Crippen molar-refractivity contribution in [1.29, 1.82) is 0 Å². The van der Waals surface area contributed by atoms with Gasteiger partial charge in [-0.25, -0.2) is 0 Å². The lowest BCUT2D eigenvalue weighted by Gasteiger charge is -2.20. The Labute approximate surface area is 116 Å². The summed E-state index contributed by atoms with van der Waals surface area (Å²) in [5.74, 6) is 0.666. The summed E-state index contributed by atoms with van der Waals surface area (Å²) in [6, 6.07) is 8.52. The molecule has 0 saturated carbocycles. The fourth-order valence-electron chi connectivity index (χ4n) is 2.08. The Bertz CT molecular complexity index is 398. The van der Waals surface area contributed by atoms with Crippen LogP contribution in [0.1, 0.15) is 31.9 Å². The van der Waals surface area contributed by atoms with E-state index in [1.807, 2.05) is 14.0 Å². The summed E-state index contributed by atoms with van der Waals surface area (Å²) in [5.41, 5.74) is 8.03. The van der Waals surface area contributed by atoms with Crippen LogP contribution in [0.25, 0.3) is 0 Å². The van der Waals surface area contributed by atoms with Crippen molar-refractivity contribution in [3.8, 4) is 0 Å². The van der Waals surface area contributed by atoms with Crippen LogP contribution in [0.5, 0.6) is 0 Å². The lowest BCUT2D eigenvalue weighted by Crippen LogP contribution is -2.34. The number of carbonyl (C=O) groups excluding carboxylic acids is 1. The molecule has 0 aliphatic carbocycles. The van der Waals surface area contributed by atoms with Gasteiger partial charge in [-0.1, -0.05) is 45.0 Å². The van der Waals surface area contributed by atoms with Crippen LogP contribution in [0, 0.1) is 11.8 Å². The van der Waals surface area contributed by atoms with E-state index in [4.69, 9.17) is 5.73 Å². The van der Waals surface area contributed by atoms with Gasteiger partial charge < -0.3 is 10.6 Å². The number of hydrogen-bond acceptors (Lipinski definition) is 2. The normalized spacial score (nSPS) is 12.5. The SMILES string of the molecule is CC(C)Cc1ccc(CN(C)C(=O)C(C)CN)cc1. The zero-order valence-corrected chi connectivity index (χ0v) is 12.5. The molecule has 0 aliphatic rings. The van der Waals surface area contributed by atoms with E-state index in [2.05, 4.69) is 38.1 Å². The third-order valence-electron chi connectivity index (χ3n) is 3.24. The van der Waals surface area contributed by atoms with Gasteiger partial charge in [0.15, 0.2) is 0 Å². The second kappa shape index (κ2) is 7.29. The zero-order chi connectivity index (χ0) is 14.4. The fraction of sp³-hybridized carbons (Fsp3) is 0.562. The number of hydrogen-bond donors (Lipinski definition) is 1. The van der Waals surface area contributed by atoms with E-state index < -0.39 is 0 Å². The Morgan fingerprint density at radius 2 is 1.68 bits per heavy atom. The highest BCUT2D eigenvalue weighted by Gasteiger charge is 2.15. The van der Waals surface area contributed by atoms with Crippen LogP contribution in [-0.4, -0.2) is 24.4 Å². The van der Waals surface area contributed by atoms with E-state index in [1.165, 1.54) is 5.56 Å². The quantitative estimate of drug-likeness (QED) is 0.856. The zero-order valence-electron chi connectivity index (χ0n) is 12.5. The van der Waals surface area contributed by atoms with Gasteiger partial charge in [-0.15, -0.1) is 0 Å². The molecule has 3 heteroatoms. The Hall–Kier alpha value is -1.35. The number of nitrogens with two attached hydrogens (primary N) is 1. The molecule has 0 aromatic heterocycles. The first kappa shape index (κ1) is 15.7. The fourth-order valence-corrected chi connectivity index (χ4v) is 2.08. The van der Waals surface area contributed by atoms with E-state index in [0.29, 0.717) is 19.0 Å². The Morgan fingerprint density at radius 3 is 2.16 bits per heavy atom. The predicted octanol–water partition coefficient (Wildman–Crippen LogP) is 2.44. The highest BCUT2D eigenvalue weighted by molar-refractivity contribution is 5.78. The summed E-state index contributed by atoms with van der Waals surface area (Å²) in [4.78, 5) is 13.7. The molecule has 1 atom stereocenters. The van der Waals surface area contributed by atoms with Crippen molar-refractivity contribution in [3.05, 3.63) is 35.4 Å². The summed E-state index contributed by atoms with van der Waals surface area (Å²) in [7, 11) is 1.83. The number of amides is 1. The lowest BCUT2D eigenvalue weighted by molar-refractivity contribution is -0.133. The van der Waals surface area contributed by atoms with Gasteiger partial charge in [-0.3, -0.25) is 4.79 Å². The molecular formula is C16H26N2O. The summed E-state index contributed by atoms with van der Waals surface area (Å²) < 4.78 is 0. The van der Waals surface area contributed by atoms with Gasteiger partial charge in [0.1, 0.15) is 0 Å². The molecule has 0 bridgehead atoms. The Morgan fingerprint density at radius 1 is 1.16 bits per heavy atom. The maximum Gasteiger partial charge on any atom is 0.226 e. The Balaban J connectivity index is 2.60. The van der Waals surface area contributed by atoms with Crippen LogP contribution in [0.15, 0.2) is 24.3 Å². The van der Waals surface area contributed by atoms with E-state index in [-0.39, 0.29) is 11.8 Å². The maximum atomic E-state index is 11.9. The van der Waals surface area contributed by atoms with Crippen LogP contribution in [0.4, 0.5) is 0 Å². The van der Waals surface area contributed by atoms with Crippen LogP contribution >= 0.6 is 0 Å². The number of carbonyl (C=O) groups is 1. The van der Waals surface area contributed by atoms with E-state index in [0.717, 1.165) is 12.0 Å². The summed E-state index contributed by atoms with van der Waals surface area (Å²) >= 11 is 0. The van der Waals surface area contributed by atoms with E-state index >= 15 is 0 Å². The molecular weight excluding hydrogens is 236 g/mol. The average molecular weight is 262 g/mol. The first-order valence-electron chi connectivity index (χ1n) is 6.97. The number of rotatable bonds is 6. The lowest BCUT2D eigenvalue weighted by atomic mass is 10.0. The molecule has 2 N–H and O–H groups in total. The van der Waals surface area contributed by atoms with Crippen LogP contribution in [-0.2, 0) is 17.8 Å². The largest absolute Gasteiger partial charge is 0.341 e. The second-order valence-corrected chi connectivity index (χ2v) is 5.75. The molecule has 0 saturated heterocycles. The minimum absolute atomic E-state index is 0.105. The topological polar surface area (TPSA) is 46.3 Å². The smallest absolute Gasteiger partial charge is 0.226 e. The molecule has 0 radical (unpaired) electrons. The van der Waals surface area contributed by atoms with Gasteiger partial charge in [-0.05, 0) is 23.5 Å². The molecule has 0 spiro atoms. The molecule has 19 heavy (non-hydrogen) atoms. The summed E-state index contributed by atoms with van der Waals surface area (Å²) in [6.45, 7) is 7.34. The highest BCUT2D eigenvalue weighted by Crippen LogP contribution is 2.12. The number of benzene rings is 1. The minimum Gasteiger partial charge on any atom is -0.341 e. The summed E-state index contributed by atoms with van der Waals surface area (Å²) in [6.07, 6.45) is 1.10. The van der Waals surface area contributed by atoms with Gasteiger partial charge >= 0.3 is 0 Å². The molecule has 1 unspecified atom stereocenters. The van der Waals surface area contributed by atoms with Gasteiger partial charge in [0.2, 0.25) is 5.91 Å². The van der Waals surface area contributed by atoms with E-state index in [1.54, 1.807) is 4.90 Å². The van der Waals surface area contributed by atoms with Crippen LogP contribution in [0.2, 0.25) is 0 Å². The molecule has 0 fully saturated rings. The first-order chi connectivity index (χ1) is 8.93. The van der Waals surface area contributed by atoms with Crippen molar-refractivity contribution in [2.45, 2.75) is 33.7 Å². The predicted molar refractivity (Wildman–Crippen MR) is 79.7 cm³/mol. The average Bonchev–Trinajstić information content (AvgIpc) is 2.38. The van der Waals surface area contributed by atoms with Gasteiger partial charge in [0, 0.05) is 26.1 Å². The summed E-state index contributed by atoms with van der Waals surface area (Å²) in [5, 5.41) is 0. The molecule has 1 amide bonds. The molecule has 3 nitrogen and oxygen atoms in total. The van der Waals surface area contributed by atoms with Crippen LogP contribution in [0.3, 0.4) is 0 Å². The van der Waals surface area contributed by atoms with Gasteiger partial charge in [0.05, 0.1) is 0 Å². The van der Waals surface area contributed by atoms with Gasteiger partial charge in [0.25, 0.3) is 0 Å². The molecule has 1 aromatic carbocycles. The standard InChI is InChI=1S/C16H26N2O/c1-12(2)9-14-5-7-15(8-6-14)11-18(4)16(19)13(3)10-17/h5-8,12-13H,9-11,17H2,1-4H3. The first-order valence-corrected chi connectivity index (χ1v) is 6.97. The van der Waals surface area contributed by atoms with Crippen molar-refractivity contribution in [3.63, 3.8) is 0 Å². The van der Waals surface area contributed by atoms with Gasteiger partial charge in [-0.2, -0.15) is 0 Å².